The molecule has 164 valence electrons. The molecule has 0 saturated carbocycles. The van der Waals surface area contributed by atoms with Crippen LogP contribution in [-0.4, -0.2) is 35.3 Å². The number of amides is 2. The van der Waals surface area contributed by atoms with Crippen LogP contribution in [0.15, 0.2) is 18.2 Å². The molecule has 2 amide bonds. The van der Waals surface area contributed by atoms with Gasteiger partial charge >= 0.3 is 0 Å². The minimum Gasteiger partial charge on any atom is -0.493 e. The van der Waals surface area contributed by atoms with Crippen LogP contribution >= 0.6 is 0 Å². The Labute approximate surface area is 177 Å². The van der Waals surface area contributed by atoms with Crippen molar-refractivity contribution in [1.82, 2.24) is 20.6 Å². The lowest BCUT2D eigenvalue weighted by Gasteiger charge is -2.12. The minimum absolute atomic E-state index is 0.252. The fourth-order valence-electron chi connectivity index (χ4n) is 3.20. The van der Waals surface area contributed by atoms with Gasteiger partial charge in [-0.1, -0.05) is 13.8 Å². The first kappa shape index (κ1) is 23.3. The molecule has 1 aromatic carbocycles. The Balaban J connectivity index is 1.91. The van der Waals surface area contributed by atoms with E-state index in [1.165, 1.54) is 7.11 Å². The van der Waals surface area contributed by atoms with Crippen LogP contribution in [0.4, 0.5) is 0 Å². The summed E-state index contributed by atoms with van der Waals surface area (Å²) in [5, 5.41) is 4.57. The second kappa shape index (κ2) is 10.7. The number of ether oxygens (including phenoxy) is 2. The SMILES string of the molecule is CCOc1ccc(C(=O)NNC(=O)CCc2c(C)nn(CC(C)C)c2C)cc1OC. The van der Waals surface area contributed by atoms with Crippen molar-refractivity contribution in [2.75, 3.05) is 13.7 Å². The molecule has 2 aromatic rings. The average Bonchev–Trinajstić information content (AvgIpc) is 2.97. The Kier molecular flexibility index (Phi) is 8.26. The van der Waals surface area contributed by atoms with E-state index in [0.29, 0.717) is 36.0 Å². The highest BCUT2D eigenvalue weighted by atomic mass is 16.5. The molecular formula is C22H32N4O4. The molecule has 2 rings (SSSR count). The van der Waals surface area contributed by atoms with E-state index in [1.807, 2.05) is 25.5 Å². The third kappa shape index (κ3) is 5.98. The highest BCUT2D eigenvalue weighted by molar-refractivity contribution is 5.96. The predicted molar refractivity (Wildman–Crippen MR) is 115 cm³/mol. The molecule has 0 spiro atoms. The number of carbonyl (C=O) groups is 2. The number of nitrogens with one attached hydrogen (secondary N) is 2. The fourth-order valence-corrected chi connectivity index (χ4v) is 3.20. The molecular weight excluding hydrogens is 384 g/mol. The zero-order chi connectivity index (χ0) is 22.3. The molecule has 8 heteroatoms. The van der Waals surface area contributed by atoms with Gasteiger partial charge in [-0.3, -0.25) is 25.1 Å². The highest BCUT2D eigenvalue weighted by Gasteiger charge is 2.15. The molecule has 0 bridgehead atoms. The Morgan fingerprint density at radius 3 is 2.53 bits per heavy atom. The van der Waals surface area contributed by atoms with Gasteiger partial charge in [0.15, 0.2) is 11.5 Å². The molecule has 0 aliphatic heterocycles. The third-order valence-electron chi connectivity index (χ3n) is 4.71. The number of methoxy groups -OCH3 is 1. The number of aryl methyl sites for hydroxylation is 1. The molecule has 0 fully saturated rings. The third-order valence-corrected chi connectivity index (χ3v) is 4.71. The van der Waals surface area contributed by atoms with Crippen LogP contribution in [0.1, 0.15) is 54.5 Å². The Morgan fingerprint density at radius 1 is 1.17 bits per heavy atom. The Hall–Kier alpha value is -3.03. The van der Waals surface area contributed by atoms with E-state index in [0.717, 1.165) is 23.5 Å². The van der Waals surface area contributed by atoms with E-state index < -0.39 is 5.91 Å². The monoisotopic (exact) mass is 416 g/mol. The van der Waals surface area contributed by atoms with Crippen LogP contribution in [0.2, 0.25) is 0 Å². The van der Waals surface area contributed by atoms with Crippen molar-refractivity contribution < 1.29 is 19.1 Å². The van der Waals surface area contributed by atoms with Crippen LogP contribution in [0.5, 0.6) is 11.5 Å². The number of aromatic nitrogens is 2. The molecule has 0 saturated heterocycles. The molecule has 0 radical (unpaired) electrons. The number of carbonyl (C=O) groups excluding carboxylic acids is 2. The van der Waals surface area contributed by atoms with Crippen molar-refractivity contribution in [3.63, 3.8) is 0 Å². The van der Waals surface area contributed by atoms with Gasteiger partial charge in [-0.2, -0.15) is 5.10 Å². The van der Waals surface area contributed by atoms with E-state index in [2.05, 4.69) is 29.8 Å². The van der Waals surface area contributed by atoms with Gasteiger partial charge in [0.05, 0.1) is 19.4 Å². The van der Waals surface area contributed by atoms with Gasteiger partial charge in [-0.05, 0) is 56.9 Å². The first-order valence-corrected chi connectivity index (χ1v) is 10.2. The Bertz CT molecular complexity index is 890. The summed E-state index contributed by atoms with van der Waals surface area (Å²) in [4.78, 5) is 24.6. The molecule has 1 aromatic heterocycles. The van der Waals surface area contributed by atoms with Crippen molar-refractivity contribution in [1.29, 1.82) is 0 Å². The topological polar surface area (TPSA) is 94.5 Å². The maximum atomic E-state index is 12.3. The number of rotatable bonds is 9. The second-order valence-corrected chi connectivity index (χ2v) is 7.53. The van der Waals surface area contributed by atoms with Gasteiger partial charge in [0.25, 0.3) is 5.91 Å². The molecule has 1 heterocycles. The van der Waals surface area contributed by atoms with E-state index >= 15 is 0 Å². The van der Waals surface area contributed by atoms with Gasteiger partial charge in [0.2, 0.25) is 5.91 Å². The summed E-state index contributed by atoms with van der Waals surface area (Å²) in [5.41, 5.74) is 8.37. The van der Waals surface area contributed by atoms with Crippen LogP contribution in [0.25, 0.3) is 0 Å². The summed E-state index contributed by atoms with van der Waals surface area (Å²) < 4.78 is 12.7. The maximum Gasteiger partial charge on any atom is 0.269 e. The number of nitrogens with zero attached hydrogens (tertiary/aromatic N) is 2. The van der Waals surface area contributed by atoms with Crippen molar-refractivity contribution in [3.8, 4) is 11.5 Å². The number of benzene rings is 1. The fraction of sp³-hybridized carbons (Fsp3) is 0.500. The van der Waals surface area contributed by atoms with E-state index in [4.69, 9.17) is 9.47 Å². The van der Waals surface area contributed by atoms with E-state index in [1.54, 1.807) is 18.2 Å². The first-order valence-electron chi connectivity index (χ1n) is 10.2. The Morgan fingerprint density at radius 2 is 1.90 bits per heavy atom. The smallest absolute Gasteiger partial charge is 0.269 e. The number of hydrogen-bond donors (Lipinski definition) is 2. The summed E-state index contributed by atoms with van der Waals surface area (Å²) in [6, 6.07) is 4.85. The number of hydrogen-bond acceptors (Lipinski definition) is 5. The zero-order valence-corrected chi connectivity index (χ0v) is 18.7. The van der Waals surface area contributed by atoms with Crippen molar-refractivity contribution >= 4 is 11.8 Å². The molecule has 2 N–H and O–H groups in total. The first-order chi connectivity index (χ1) is 14.3. The summed E-state index contributed by atoms with van der Waals surface area (Å²) in [5.74, 6) is 0.818. The van der Waals surface area contributed by atoms with Crippen LogP contribution in [-0.2, 0) is 17.8 Å². The van der Waals surface area contributed by atoms with Gasteiger partial charge in [0, 0.05) is 24.2 Å². The van der Waals surface area contributed by atoms with Gasteiger partial charge in [-0.25, -0.2) is 0 Å². The number of hydrazine groups is 1. The summed E-state index contributed by atoms with van der Waals surface area (Å²) >= 11 is 0. The largest absolute Gasteiger partial charge is 0.493 e. The van der Waals surface area contributed by atoms with Crippen LogP contribution in [0, 0.1) is 19.8 Å². The van der Waals surface area contributed by atoms with Crippen molar-refractivity contribution in [2.45, 2.75) is 54.0 Å². The lowest BCUT2D eigenvalue weighted by Crippen LogP contribution is -2.41. The lowest BCUT2D eigenvalue weighted by molar-refractivity contribution is -0.121. The molecule has 0 unspecified atom stereocenters. The normalized spacial score (nSPS) is 10.8. The standard InChI is InChI=1S/C22H32N4O4/c1-7-30-19-10-8-17(12-20(19)29-6)22(28)24-23-21(27)11-9-18-15(4)25-26(16(18)5)13-14(2)3/h8,10,12,14H,7,9,11,13H2,1-6H3,(H,23,27)(H,24,28). The summed E-state index contributed by atoms with van der Waals surface area (Å²) in [7, 11) is 1.51. The zero-order valence-electron chi connectivity index (χ0n) is 18.7. The molecule has 8 nitrogen and oxygen atoms in total. The summed E-state index contributed by atoms with van der Waals surface area (Å²) in [6.07, 6.45) is 0.816. The minimum atomic E-state index is -0.429. The van der Waals surface area contributed by atoms with Crippen molar-refractivity contribution in [3.05, 3.63) is 40.7 Å². The molecule has 30 heavy (non-hydrogen) atoms. The quantitative estimate of drug-likeness (QED) is 0.613. The van der Waals surface area contributed by atoms with Gasteiger partial charge in [0.1, 0.15) is 0 Å². The molecule has 0 atom stereocenters. The van der Waals surface area contributed by atoms with Gasteiger partial charge < -0.3 is 9.47 Å². The van der Waals surface area contributed by atoms with Crippen molar-refractivity contribution in [2.24, 2.45) is 5.92 Å². The summed E-state index contributed by atoms with van der Waals surface area (Å²) in [6.45, 7) is 11.5. The lowest BCUT2D eigenvalue weighted by atomic mass is 10.1. The van der Waals surface area contributed by atoms with E-state index in [-0.39, 0.29) is 12.3 Å². The van der Waals surface area contributed by atoms with E-state index in [9.17, 15) is 9.59 Å². The van der Waals surface area contributed by atoms with Crippen LogP contribution < -0.4 is 20.3 Å². The average molecular weight is 417 g/mol. The molecule has 0 aliphatic rings. The molecule has 0 aliphatic carbocycles. The van der Waals surface area contributed by atoms with Crippen LogP contribution in [0.3, 0.4) is 0 Å². The maximum absolute atomic E-state index is 12.3. The highest BCUT2D eigenvalue weighted by Crippen LogP contribution is 2.27. The second-order valence-electron chi connectivity index (χ2n) is 7.53. The predicted octanol–water partition coefficient (Wildman–Crippen LogP) is 2.96. The van der Waals surface area contributed by atoms with Gasteiger partial charge in [-0.15, -0.1) is 0 Å².